The van der Waals surface area contributed by atoms with E-state index < -0.39 is 0 Å². The van der Waals surface area contributed by atoms with Crippen molar-refractivity contribution < 1.29 is 9.53 Å². The van der Waals surface area contributed by atoms with Gasteiger partial charge in [-0.15, -0.1) is 0 Å². The van der Waals surface area contributed by atoms with Gasteiger partial charge in [0.05, 0.1) is 6.04 Å². The molecule has 21 heavy (non-hydrogen) atoms. The highest BCUT2D eigenvalue weighted by molar-refractivity contribution is 5.79. The van der Waals surface area contributed by atoms with Gasteiger partial charge in [0, 0.05) is 18.6 Å². The van der Waals surface area contributed by atoms with Crippen molar-refractivity contribution in [3.63, 3.8) is 0 Å². The third-order valence-electron chi connectivity index (χ3n) is 4.54. The number of amides is 1. The van der Waals surface area contributed by atoms with Gasteiger partial charge in [0.25, 0.3) is 0 Å². The van der Waals surface area contributed by atoms with E-state index in [0.29, 0.717) is 12.6 Å². The third kappa shape index (κ3) is 3.44. The zero-order chi connectivity index (χ0) is 14.7. The van der Waals surface area contributed by atoms with Crippen LogP contribution in [0.5, 0.6) is 0 Å². The maximum Gasteiger partial charge on any atom is 0.223 e. The average molecular weight is 288 g/mol. The van der Waals surface area contributed by atoms with E-state index >= 15 is 0 Å². The maximum absolute atomic E-state index is 12.5. The summed E-state index contributed by atoms with van der Waals surface area (Å²) in [4.78, 5) is 12.5. The van der Waals surface area contributed by atoms with Crippen molar-refractivity contribution in [2.45, 2.75) is 44.4 Å². The van der Waals surface area contributed by atoms with E-state index in [9.17, 15) is 4.79 Å². The molecule has 1 aromatic rings. The molecule has 0 aromatic heterocycles. The second kappa shape index (κ2) is 6.58. The van der Waals surface area contributed by atoms with Crippen LogP contribution in [0.3, 0.4) is 0 Å². The Labute approximate surface area is 126 Å². The first-order valence-corrected chi connectivity index (χ1v) is 7.94. The number of ether oxygens (including phenoxy) is 1. The Bertz CT molecular complexity index is 477. The fraction of sp³-hybridized carbons (Fsp3) is 0.588. The Hall–Kier alpha value is -1.39. The van der Waals surface area contributed by atoms with Crippen LogP contribution in [0, 0.1) is 5.92 Å². The summed E-state index contributed by atoms with van der Waals surface area (Å²) < 4.78 is 5.83. The van der Waals surface area contributed by atoms with Crippen LogP contribution in [0.15, 0.2) is 30.3 Å². The van der Waals surface area contributed by atoms with E-state index in [1.165, 1.54) is 0 Å². The predicted octanol–water partition coefficient (Wildman–Crippen LogP) is 2.02. The quantitative estimate of drug-likeness (QED) is 0.894. The largest absolute Gasteiger partial charge is 0.371 e. The van der Waals surface area contributed by atoms with Crippen LogP contribution in [0.4, 0.5) is 0 Å². The second-order valence-electron chi connectivity index (χ2n) is 6.18. The SMILES string of the molecule is C[C@H]1C[C@@H](C(=O)NC2CCOC2c2ccccc2)CCN1. The van der Waals surface area contributed by atoms with Crippen LogP contribution in [0.2, 0.25) is 0 Å². The van der Waals surface area contributed by atoms with Gasteiger partial charge < -0.3 is 15.4 Å². The molecule has 114 valence electrons. The van der Waals surface area contributed by atoms with Gasteiger partial charge >= 0.3 is 0 Å². The first-order chi connectivity index (χ1) is 10.2. The minimum absolute atomic E-state index is 0.00529. The molecule has 0 saturated carbocycles. The molecule has 4 heteroatoms. The fourth-order valence-electron chi connectivity index (χ4n) is 3.38. The van der Waals surface area contributed by atoms with Gasteiger partial charge in [0.2, 0.25) is 5.91 Å². The average Bonchev–Trinajstić information content (AvgIpc) is 2.96. The van der Waals surface area contributed by atoms with Crippen LogP contribution in [0.25, 0.3) is 0 Å². The Morgan fingerprint density at radius 3 is 2.86 bits per heavy atom. The summed E-state index contributed by atoms with van der Waals surface area (Å²) in [6, 6.07) is 10.7. The standard InChI is InChI=1S/C17H24N2O2/c1-12-11-14(7-9-18-12)17(20)19-15-8-10-21-16(15)13-5-3-2-4-6-13/h2-6,12,14-16,18H,7-11H2,1H3,(H,19,20)/t12-,14-,15?,16?/m0/s1. The monoisotopic (exact) mass is 288 g/mol. The number of hydrogen-bond donors (Lipinski definition) is 2. The molecule has 1 aromatic carbocycles. The van der Waals surface area contributed by atoms with Gasteiger partial charge in [-0.05, 0) is 38.3 Å². The van der Waals surface area contributed by atoms with Gasteiger partial charge in [-0.2, -0.15) is 0 Å². The Morgan fingerprint density at radius 1 is 1.29 bits per heavy atom. The Kier molecular flexibility index (Phi) is 4.56. The molecule has 2 N–H and O–H groups in total. The third-order valence-corrected chi connectivity index (χ3v) is 4.54. The molecule has 0 radical (unpaired) electrons. The van der Waals surface area contributed by atoms with Gasteiger partial charge in [0.1, 0.15) is 6.10 Å². The summed E-state index contributed by atoms with van der Waals surface area (Å²) in [5.74, 6) is 0.332. The number of rotatable bonds is 3. The van der Waals surface area contributed by atoms with Crippen molar-refractivity contribution in [2.75, 3.05) is 13.2 Å². The van der Waals surface area contributed by atoms with Crippen LogP contribution in [-0.2, 0) is 9.53 Å². The molecule has 4 atom stereocenters. The second-order valence-corrected chi connectivity index (χ2v) is 6.18. The zero-order valence-corrected chi connectivity index (χ0v) is 12.5. The highest BCUT2D eigenvalue weighted by atomic mass is 16.5. The maximum atomic E-state index is 12.5. The highest BCUT2D eigenvalue weighted by Crippen LogP contribution is 2.29. The van der Waals surface area contributed by atoms with Crippen molar-refractivity contribution >= 4 is 5.91 Å². The molecule has 1 amide bonds. The van der Waals surface area contributed by atoms with Crippen LogP contribution < -0.4 is 10.6 Å². The lowest BCUT2D eigenvalue weighted by molar-refractivity contribution is -0.127. The first kappa shape index (κ1) is 14.5. The molecule has 2 aliphatic heterocycles. The smallest absolute Gasteiger partial charge is 0.223 e. The summed E-state index contributed by atoms with van der Waals surface area (Å²) >= 11 is 0. The lowest BCUT2D eigenvalue weighted by Crippen LogP contribution is -2.46. The number of carbonyl (C=O) groups is 1. The van der Waals surface area contributed by atoms with E-state index in [1.54, 1.807) is 0 Å². The molecule has 2 saturated heterocycles. The Balaban J connectivity index is 1.62. The van der Waals surface area contributed by atoms with E-state index in [2.05, 4.69) is 29.7 Å². The van der Waals surface area contributed by atoms with E-state index in [0.717, 1.165) is 31.4 Å². The van der Waals surface area contributed by atoms with E-state index in [4.69, 9.17) is 4.74 Å². The van der Waals surface area contributed by atoms with Crippen molar-refractivity contribution in [3.05, 3.63) is 35.9 Å². The summed E-state index contributed by atoms with van der Waals surface area (Å²) in [7, 11) is 0. The molecule has 2 aliphatic rings. The normalized spacial score (nSPS) is 32.8. The highest BCUT2D eigenvalue weighted by Gasteiger charge is 2.33. The number of piperidine rings is 1. The lowest BCUT2D eigenvalue weighted by atomic mass is 9.91. The molecule has 2 heterocycles. The summed E-state index contributed by atoms with van der Waals surface area (Å²) in [6.07, 6.45) is 2.75. The fourth-order valence-corrected chi connectivity index (χ4v) is 3.38. The van der Waals surface area contributed by atoms with Crippen molar-refractivity contribution in [1.82, 2.24) is 10.6 Å². The van der Waals surface area contributed by atoms with Gasteiger partial charge in [-0.3, -0.25) is 4.79 Å². The molecule has 0 bridgehead atoms. The Morgan fingerprint density at radius 2 is 2.10 bits per heavy atom. The van der Waals surface area contributed by atoms with Crippen LogP contribution in [-0.4, -0.2) is 31.1 Å². The predicted molar refractivity (Wildman–Crippen MR) is 81.9 cm³/mol. The molecule has 2 fully saturated rings. The van der Waals surface area contributed by atoms with Crippen molar-refractivity contribution in [3.8, 4) is 0 Å². The molecule has 3 rings (SSSR count). The molecular formula is C17H24N2O2. The van der Waals surface area contributed by atoms with Crippen LogP contribution >= 0.6 is 0 Å². The minimum Gasteiger partial charge on any atom is -0.371 e. The lowest BCUT2D eigenvalue weighted by Gasteiger charge is -2.29. The number of nitrogens with one attached hydrogen (secondary N) is 2. The van der Waals surface area contributed by atoms with Gasteiger partial charge in [-0.25, -0.2) is 0 Å². The van der Waals surface area contributed by atoms with E-state index in [-0.39, 0.29) is 24.0 Å². The summed E-state index contributed by atoms with van der Waals surface area (Å²) in [6.45, 7) is 3.79. The summed E-state index contributed by atoms with van der Waals surface area (Å²) in [5, 5.41) is 6.62. The topological polar surface area (TPSA) is 50.4 Å². The van der Waals surface area contributed by atoms with Crippen molar-refractivity contribution in [2.24, 2.45) is 5.92 Å². The van der Waals surface area contributed by atoms with Gasteiger partial charge in [0.15, 0.2) is 0 Å². The molecular weight excluding hydrogens is 264 g/mol. The van der Waals surface area contributed by atoms with Crippen LogP contribution in [0.1, 0.15) is 37.9 Å². The molecule has 4 nitrogen and oxygen atoms in total. The number of carbonyl (C=O) groups excluding carboxylic acids is 1. The number of benzene rings is 1. The summed E-state index contributed by atoms with van der Waals surface area (Å²) in [5.41, 5.74) is 1.15. The van der Waals surface area contributed by atoms with E-state index in [1.807, 2.05) is 18.2 Å². The van der Waals surface area contributed by atoms with Gasteiger partial charge in [-0.1, -0.05) is 30.3 Å². The number of hydrogen-bond acceptors (Lipinski definition) is 3. The molecule has 0 aliphatic carbocycles. The van der Waals surface area contributed by atoms with Crippen molar-refractivity contribution in [1.29, 1.82) is 0 Å². The molecule has 0 spiro atoms. The minimum atomic E-state index is -0.00529. The molecule has 2 unspecified atom stereocenters. The zero-order valence-electron chi connectivity index (χ0n) is 12.5. The first-order valence-electron chi connectivity index (χ1n) is 7.94.